The van der Waals surface area contributed by atoms with Gasteiger partial charge in [-0.3, -0.25) is 4.79 Å². The lowest BCUT2D eigenvalue weighted by Gasteiger charge is -2.09. The third-order valence-corrected chi connectivity index (χ3v) is 1.82. The molecule has 1 atom stereocenters. The van der Waals surface area contributed by atoms with Gasteiger partial charge in [-0.05, 0) is 12.8 Å². The second-order valence-corrected chi connectivity index (χ2v) is 3.06. The first kappa shape index (κ1) is 7.73. The van der Waals surface area contributed by atoms with Crippen LogP contribution in [0.4, 0.5) is 0 Å². The molecule has 1 heterocycles. The van der Waals surface area contributed by atoms with E-state index in [4.69, 9.17) is 4.74 Å². The SMILES string of the molecule is CC(C)C(=O)[C@H]1CCCO1. The van der Waals surface area contributed by atoms with E-state index in [1.54, 1.807) is 0 Å². The van der Waals surface area contributed by atoms with E-state index in [0.29, 0.717) is 0 Å². The summed E-state index contributed by atoms with van der Waals surface area (Å²) in [7, 11) is 0. The molecule has 0 aromatic heterocycles. The predicted molar refractivity (Wildman–Crippen MR) is 38.8 cm³/mol. The van der Waals surface area contributed by atoms with Crippen molar-refractivity contribution in [2.45, 2.75) is 32.8 Å². The molecular weight excluding hydrogens is 128 g/mol. The number of carbonyl (C=O) groups excluding carboxylic acids is 1. The van der Waals surface area contributed by atoms with E-state index in [0.717, 1.165) is 19.4 Å². The molecule has 0 saturated carbocycles. The van der Waals surface area contributed by atoms with Gasteiger partial charge in [0.2, 0.25) is 0 Å². The van der Waals surface area contributed by atoms with Crippen molar-refractivity contribution in [3.05, 3.63) is 0 Å². The molecule has 0 radical (unpaired) electrons. The Labute approximate surface area is 61.6 Å². The summed E-state index contributed by atoms with van der Waals surface area (Å²) in [6.45, 7) is 4.61. The lowest BCUT2D eigenvalue weighted by molar-refractivity contribution is -0.130. The fourth-order valence-corrected chi connectivity index (χ4v) is 1.17. The highest BCUT2D eigenvalue weighted by Gasteiger charge is 2.24. The molecule has 1 rings (SSSR count). The number of hydrogen-bond donors (Lipinski definition) is 0. The van der Waals surface area contributed by atoms with Crippen LogP contribution in [0.2, 0.25) is 0 Å². The molecule has 0 N–H and O–H groups in total. The third-order valence-electron chi connectivity index (χ3n) is 1.82. The van der Waals surface area contributed by atoms with Gasteiger partial charge in [0.25, 0.3) is 0 Å². The highest BCUT2D eigenvalue weighted by Crippen LogP contribution is 2.15. The topological polar surface area (TPSA) is 26.3 Å². The summed E-state index contributed by atoms with van der Waals surface area (Å²) in [6.07, 6.45) is 1.89. The van der Waals surface area contributed by atoms with Gasteiger partial charge in [0.1, 0.15) is 6.10 Å². The van der Waals surface area contributed by atoms with Crippen molar-refractivity contribution in [3.63, 3.8) is 0 Å². The van der Waals surface area contributed by atoms with Crippen LogP contribution in [0.15, 0.2) is 0 Å². The van der Waals surface area contributed by atoms with Gasteiger partial charge >= 0.3 is 0 Å². The van der Waals surface area contributed by atoms with Crippen LogP contribution in [0.25, 0.3) is 0 Å². The summed E-state index contributed by atoms with van der Waals surface area (Å²) in [5.41, 5.74) is 0. The maximum absolute atomic E-state index is 11.2. The zero-order valence-electron chi connectivity index (χ0n) is 6.59. The molecular formula is C8H14O2. The van der Waals surface area contributed by atoms with Gasteiger partial charge in [0, 0.05) is 12.5 Å². The van der Waals surface area contributed by atoms with Crippen LogP contribution in [0.1, 0.15) is 26.7 Å². The molecule has 10 heavy (non-hydrogen) atoms. The van der Waals surface area contributed by atoms with Gasteiger partial charge in [-0.2, -0.15) is 0 Å². The van der Waals surface area contributed by atoms with Crippen molar-refractivity contribution in [1.29, 1.82) is 0 Å². The Morgan fingerprint density at radius 3 is 2.70 bits per heavy atom. The van der Waals surface area contributed by atoms with Crippen LogP contribution in [-0.4, -0.2) is 18.5 Å². The van der Waals surface area contributed by atoms with Crippen molar-refractivity contribution in [2.24, 2.45) is 5.92 Å². The van der Waals surface area contributed by atoms with E-state index in [9.17, 15) is 4.79 Å². The quantitative estimate of drug-likeness (QED) is 0.582. The zero-order chi connectivity index (χ0) is 7.56. The van der Waals surface area contributed by atoms with Crippen LogP contribution in [0, 0.1) is 5.92 Å². The molecule has 2 heteroatoms. The second-order valence-electron chi connectivity index (χ2n) is 3.06. The van der Waals surface area contributed by atoms with Gasteiger partial charge < -0.3 is 4.74 Å². The Hall–Kier alpha value is -0.370. The number of hydrogen-bond acceptors (Lipinski definition) is 2. The molecule has 1 aliphatic heterocycles. The lowest BCUT2D eigenvalue weighted by atomic mass is 10.0. The largest absolute Gasteiger partial charge is 0.370 e. The number of carbonyl (C=O) groups is 1. The van der Waals surface area contributed by atoms with Crippen LogP contribution in [-0.2, 0) is 9.53 Å². The van der Waals surface area contributed by atoms with Crippen molar-refractivity contribution in [2.75, 3.05) is 6.61 Å². The maximum Gasteiger partial charge on any atom is 0.164 e. The standard InChI is InChI=1S/C8H14O2/c1-6(2)8(9)7-4-3-5-10-7/h6-7H,3-5H2,1-2H3/t7-/m1/s1. The van der Waals surface area contributed by atoms with E-state index in [1.807, 2.05) is 13.8 Å². The van der Waals surface area contributed by atoms with Gasteiger partial charge in [-0.25, -0.2) is 0 Å². The lowest BCUT2D eigenvalue weighted by Crippen LogP contribution is -2.23. The molecule has 2 nitrogen and oxygen atoms in total. The van der Waals surface area contributed by atoms with E-state index in [-0.39, 0.29) is 17.8 Å². The van der Waals surface area contributed by atoms with E-state index in [2.05, 4.69) is 0 Å². The van der Waals surface area contributed by atoms with Crippen LogP contribution in [0.3, 0.4) is 0 Å². The molecule has 1 saturated heterocycles. The average Bonchev–Trinajstić information content (AvgIpc) is 2.36. The Bertz CT molecular complexity index is 123. The molecule has 0 aromatic carbocycles. The molecule has 58 valence electrons. The summed E-state index contributed by atoms with van der Waals surface area (Å²) >= 11 is 0. The van der Waals surface area contributed by atoms with Crippen molar-refractivity contribution in [1.82, 2.24) is 0 Å². The summed E-state index contributed by atoms with van der Waals surface area (Å²) in [6, 6.07) is 0. The Morgan fingerprint density at radius 2 is 2.30 bits per heavy atom. The monoisotopic (exact) mass is 142 g/mol. The number of Topliss-reactive ketones (excluding diaryl/α,β-unsaturated/α-hetero) is 1. The second kappa shape index (κ2) is 3.15. The molecule has 0 unspecified atom stereocenters. The minimum Gasteiger partial charge on any atom is -0.370 e. The molecule has 0 aliphatic carbocycles. The maximum atomic E-state index is 11.2. The Balaban J connectivity index is 2.40. The van der Waals surface area contributed by atoms with E-state index >= 15 is 0 Å². The molecule has 0 bridgehead atoms. The van der Waals surface area contributed by atoms with Crippen molar-refractivity contribution >= 4 is 5.78 Å². The molecule has 1 fully saturated rings. The number of ketones is 1. The van der Waals surface area contributed by atoms with Crippen LogP contribution >= 0.6 is 0 Å². The summed E-state index contributed by atoms with van der Waals surface area (Å²) < 4.78 is 5.23. The highest BCUT2D eigenvalue weighted by atomic mass is 16.5. The average molecular weight is 142 g/mol. The number of ether oxygens (including phenoxy) is 1. The van der Waals surface area contributed by atoms with Crippen LogP contribution < -0.4 is 0 Å². The summed E-state index contributed by atoms with van der Waals surface area (Å²) in [5, 5.41) is 0. The Morgan fingerprint density at radius 1 is 1.60 bits per heavy atom. The highest BCUT2D eigenvalue weighted by molar-refractivity contribution is 5.84. The Kier molecular flexibility index (Phi) is 2.44. The summed E-state index contributed by atoms with van der Waals surface area (Å²) in [5.74, 6) is 0.389. The predicted octanol–water partition coefficient (Wildman–Crippen LogP) is 1.39. The first-order valence-electron chi connectivity index (χ1n) is 3.87. The fourth-order valence-electron chi connectivity index (χ4n) is 1.17. The third kappa shape index (κ3) is 1.57. The van der Waals surface area contributed by atoms with Gasteiger partial charge in [-0.15, -0.1) is 0 Å². The van der Waals surface area contributed by atoms with Crippen molar-refractivity contribution in [3.8, 4) is 0 Å². The summed E-state index contributed by atoms with van der Waals surface area (Å²) in [4.78, 5) is 11.2. The fraction of sp³-hybridized carbons (Fsp3) is 0.875. The normalized spacial score (nSPS) is 25.7. The van der Waals surface area contributed by atoms with Crippen molar-refractivity contribution < 1.29 is 9.53 Å². The smallest absolute Gasteiger partial charge is 0.164 e. The molecule has 0 spiro atoms. The number of rotatable bonds is 2. The first-order chi connectivity index (χ1) is 4.72. The minimum atomic E-state index is -0.0833. The molecule has 0 aromatic rings. The zero-order valence-corrected chi connectivity index (χ0v) is 6.59. The first-order valence-corrected chi connectivity index (χ1v) is 3.87. The van der Waals surface area contributed by atoms with Gasteiger partial charge in [0.05, 0.1) is 0 Å². The van der Waals surface area contributed by atoms with Crippen LogP contribution in [0.5, 0.6) is 0 Å². The van der Waals surface area contributed by atoms with Gasteiger partial charge in [0.15, 0.2) is 5.78 Å². The van der Waals surface area contributed by atoms with E-state index in [1.165, 1.54) is 0 Å². The minimum absolute atomic E-state index is 0.0833. The molecule has 0 amide bonds. The van der Waals surface area contributed by atoms with Gasteiger partial charge in [-0.1, -0.05) is 13.8 Å². The molecule has 1 aliphatic rings. The van der Waals surface area contributed by atoms with E-state index < -0.39 is 0 Å².